The van der Waals surface area contributed by atoms with E-state index in [-0.39, 0.29) is 18.3 Å². The largest absolute Gasteiger partial charge is 0.351 e. The number of hydrogen-bond donors (Lipinski definition) is 4. The first kappa shape index (κ1) is 29.6. The lowest BCUT2D eigenvalue weighted by molar-refractivity contribution is -0.141. The van der Waals surface area contributed by atoms with E-state index < -0.39 is 54.4 Å². The number of carbonyl (C=O) groups excluding carboxylic acids is 6. The summed E-state index contributed by atoms with van der Waals surface area (Å²) in [4.78, 5) is 76.0. The Kier molecular flexibility index (Phi) is 11.9. The summed E-state index contributed by atoms with van der Waals surface area (Å²) in [6, 6.07) is -4.45. The summed E-state index contributed by atoms with van der Waals surface area (Å²) in [7, 11) is 5.30. The van der Waals surface area contributed by atoms with Crippen molar-refractivity contribution in [2.45, 2.75) is 46.2 Å². The van der Waals surface area contributed by atoms with Crippen molar-refractivity contribution in [1.82, 2.24) is 30.7 Å². The number of primary amides is 1. The molecule has 13 heteroatoms. The molecular weight excluding hydrogens is 434 g/mol. The Morgan fingerprint density at radius 3 is 1.91 bits per heavy atom. The zero-order valence-electron chi connectivity index (χ0n) is 20.6. The maximum absolute atomic E-state index is 13.1. The quantitative estimate of drug-likeness (QED) is 0.353. The first-order chi connectivity index (χ1) is 15.1. The van der Waals surface area contributed by atoms with E-state index in [4.69, 9.17) is 5.73 Å². The molecule has 2 atom stereocenters. The zero-order valence-corrected chi connectivity index (χ0v) is 20.6. The van der Waals surface area contributed by atoms with Crippen molar-refractivity contribution in [1.29, 1.82) is 0 Å². The second-order valence-corrected chi connectivity index (χ2v) is 8.48. The molecule has 0 aliphatic rings. The summed E-state index contributed by atoms with van der Waals surface area (Å²) in [5.74, 6) is -2.14. The Bertz CT molecular complexity index is 755. The van der Waals surface area contributed by atoms with Gasteiger partial charge in [-0.3, -0.25) is 24.6 Å². The predicted octanol–water partition coefficient (Wildman–Crippen LogP) is -0.482. The predicted molar refractivity (Wildman–Crippen MR) is 121 cm³/mol. The van der Waals surface area contributed by atoms with Gasteiger partial charge in [0.05, 0.1) is 0 Å². The van der Waals surface area contributed by atoms with Gasteiger partial charge in [0.25, 0.3) is 5.91 Å². The topological polar surface area (TPSA) is 174 Å². The molecule has 5 N–H and O–H groups in total. The number of likely N-dealkylation sites (N-methyl/N-ethyl adjacent to an activating group) is 3. The molecule has 0 aromatic rings. The van der Waals surface area contributed by atoms with Gasteiger partial charge < -0.3 is 26.2 Å². The van der Waals surface area contributed by atoms with Gasteiger partial charge in [-0.1, -0.05) is 27.7 Å². The minimum absolute atomic E-state index is 0.0202. The molecule has 9 amide bonds. The SMILES string of the molecule is CNC(=O)NC(=O)N(C)CC(=O)N(C)[C@@H](CC(C)C)C(=O)NC(C(=O)N(C)C(N)=O)C(C)C. The van der Waals surface area contributed by atoms with Crippen LogP contribution in [0, 0.1) is 11.8 Å². The van der Waals surface area contributed by atoms with E-state index in [1.54, 1.807) is 13.8 Å². The van der Waals surface area contributed by atoms with Crippen molar-refractivity contribution in [3.8, 4) is 0 Å². The highest BCUT2D eigenvalue weighted by molar-refractivity contribution is 5.99. The Balaban J connectivity index is 5.54. The normalized spacial score (nSPS) is 12.4. The fourth-order valence-corrected chi connectivity index (χ4v) is 2.78. The van der Waals surface area contributed by atoms with Gasteiger partial charge in [0.15, 0.2) is 0 Å². The number of nitrogens with two attached hydrogens (primary N) is 1. The Hall–Kier alpha value is -3.38. The van der Waals surface area contributed by atoms with Gasteiger partial charge in [-0.2, -0.15) is 0 Å². The van der Waals surface area contributed by atoms with E-state index in [1.165, 1.54) is 33.1 Å². The molecule has 1 unspecified atom stereocenters. The van der Waals surface area contributed by atoms with Crippen molar-refractivity contribution in [3.05, 3.63) is 0 Å². The van der Waals surface area contributed by atoms with E-state index in [1.807, 2.05) is 19.2 Å². The molecule has 0 saturated heterocycles. The van der Waals surface area contributed by atoms with E-state index in [0.29, 0.717) is 0 Å². The van der Waals surface area contributed by atoms with Gasteiger partial charge in [0.2, 0.25) is 11.8 Å². The van der Waals surface area contributed by atoms with Crippen LogP contribution in [0.1, 0.15) is 34.1 Å². The lowest BCUT2D eigenvalue weighted by atomic mass is 9.99. The minimum atomic E-state index is -1.03. The molecule has 13 nitrogen and oxygen atoms in total. The number of carbonyl (C=O) groups is 6. The molecule has 0 spiro atoms. The smallest absolute Gasteiger partial charge is 0.325 e. The highest BCUT2D eigenvalue weighted by Gasteiger charge is 2.34. The average Bonchev–Trinajstić information content (AvgIpc) is 2.73. The molecule has 0 aliphatic heterocycles. The number of urea groups is 3. The minimum Gasteiger partial charge on any atom is -0.351 e. The Labute approximate surface area is 194 Å². The highest BCUT2D eigenvalue weighted by atomic mass is 16.2. The van der Waals surface area contributed by atoms with Crippen molar-refractivity contribution >= 4 is 35.8 Å². The molecule has 33 heavy (non-hydrogen) atoms. The number of nitrogens with zero attached hydrogens (tertiary/aromatic N) is 3. The molecule has 0 radical (unpaired) electrons. The van der Waals surface area contributed by atoms with Crippen LogP contribution in [0.5, 0.6) is 0 Å². The molecule has 0 fully saturated rings. The number of amides is 9. The molecule has 0 aliphatic carbocycles. The molecule has 0 rings (SSSR count). The van der Waals surface area contributed by atoms with Crippen LogP contribution in [-0.4, -0.2) is 97.3 Å². The van der Waals surface area contributed by atoms with Crippen LogP contribution < -0.4 is 21.7 Å². The summed E-state index contributed by atoms with van der Waals surface area (Å²) in [5, 5.41) is 6.89. The van der Waals surface area contributed by atoms with Crippen LogP contribution in [-0.2, 0) is 14.4 Å². The highest BCUT2D eigenvalue weighted by Crippen LogP contribution is 2.14. The Morgan fingerprint density at radius 1 is 0.939 bits per heavy atom. The van der Waals surface area contributed by atoms with Crippen molar-refractivity contribution in [2.24, 2.45) is 17.6 Å². The van der Waals surface area contributed by atoms with E-state index in [9.17, 15) is 28.8 Å². The monoisotopic (exact) mass is 471 g/mol. The lowest BCUT2D eigenvalue weighted by Gasteiger charge is -2.32. The van der Waals surface area contributed by atoms with Crippen LogP contribution >= 0.6 is 0 Å². The fraction of sp³-hybridized carbons (Fsp3) is 0.700. The third kappa shape index (κ3) is 9.33. The summed E-state index contributed by atoms with van der Waals surface area (Å²) < 4.78 is 0. The number of nitrogens with one attached hydrogen (secondary N) is 3. The fourth-order valence-electron chi connectivity index (χ4n) is 2.78. The molecule has 0 bridgehead atoms. The maximum atomic E-state index is 13.1. The van der Waals surface area contributed by atoms with Crippen molar-refractivity contribution < 1.29 is 28.8 Å². The summed E-state index contributed by atoms with van der Waals surface area (Å²) in [6.07, 6.45) is 0.285. The second-order valence-electron chi connectivity index (χ2n) is 8.48. The van der Waals surface area contributed by atoms with Crippen LogP contribution in [0.4, 0.5) is 14.4 Å². The molecular formula is C20H37N7O6. The summed E-state index contributed by atoms with van der Waals surface area (Å²) in [6.45, 7) is 6.74. The molecule has 188 valence electrons. The van der Waals surface area contributed by atoms with Crippen LogP contribution in [0.2, 0.25) is 0 Å². The van der Waals surface area contributed by atoms with E-state index in [0.717, 1.165) is 9.80 Å². The number of imide groups is 2. The van der Waals surface area contributed by atoms with Crippen LogP contribution in [0.3, 0.4) is 0 Å². The number of rotatable bonds is 9. The average molecular weight is 472 g/mol. The Morgan fingerprint density at radius 2 is 1.48 bits per heavy atom. The standard InChI is InChI=1S/C20H37N7O6/c1-11(2)9-13(16(29)23-15(12(3)4)17(30)27(8)18(21)31)26(7)14(28)10-25(6)20(33)24-19(32)22-5/h11-13,15H,9-10H2,1-8H3,(H2,21,31)(H,23,29)(H2,22,24,32,33)/t13-,15?/m0/s1. The van der Waals surface area contributed by atoms with Gasteiger partial charge in [-0.05, 0) is 18.3 Å². The van der Waals surface area contributed by atoms with Crippen molar-refractivity contribution in [2.75, 3.05) is 34.7 Å². The maximum Gasteiger partial charge on any atom is 0.325 e. The molecule has 0 saturated carbocycles. The van der Waals surface area contributed by atoms with Gasteiger partial charge >= 0.3 is 18.1 Å². The van der Waals surface area contributed by atoms with E-state index in [2.05, 4.69) is 10.6 Å². The first-order valence-corrected chi connectivity index (χ1v) is 10.5. The number of hydrogen-bond acceptors (Lipinski definition) is 6. The summed E-state index contributed by atoms with van der Waals surface area (Å²) in [5.41, 5.74) is 5.17. The lowest BCUT2D eigenvalue weighted by Crippen LogP contribution is -2.58. The van der Waals surface area contributed by atoms with Gasteiger partial charge in [0, 0.05) is 28.2 Å². The van der Waals surface area contributed by atoms with E-state index >= 15 is 0 Å². The van der Waals surface area contributed by atoms with Crippen LogP contribution in [0.15, 0.2) is 0 Å². The second kappa shape index (κ2) is 13.2. The first-order valence-electron chi connectivity index (χ1n) is 10.5. The third-order valence-corrected chi connectivity index (χ3v) is 4.92. The van der Waals surface area contributed by atoms with Gasteiger partial charge in [-0.25, -0.2) is 14.4 Å². The molecule has 0 heterocycles. The molecule has 0 aromatic heterocycles. The van der Waals surface area contributed by atoms with Crippen molar-refractivity contribution in [3.63, 3.8) is 0 Å². The summed E-state index contributed by atoms with van der Waals surface area (Å²) >= 11 is 0. The zero-order chi connectivity index (χ0) is 26.0. The van der Waals surface area contributed by atoms with Gasteiger partial charge in [0.1, 0.15) is 18.6 Å². The third-order valence-electron chi connectivity index (χ3n) is 4.92. The molecule has 0 aromatic carbocycles. The van der Waals surface area contributed by atoms with Crippen LogP contribution in [0.25, 0.3) is 0 Å². The van der Waals surface area contributed by atoms with Gasteiger partial charge in [-0.15, -0.1) is 0 Å².